The summed E-state index contributed by atoms with van der Waals surface area (Å²) in [7, 11) is 1.84. The largest absolute Gasteiger partial charge is 0.364 e. The van der Waals surface area contributed by atoms with Crippen molar-refractivity contribution in [3.63, 3.8) is 0 Å². The van der Waals surface area contributed by atoms with Crippen LogP contribution < -0.4 is 0 Å². The normalized spacial score (nSPS) is 33.5. The third kappa shape index (κ3) is 2.42. The number of amides is 1. The SMILES string of the molecule is CCC(C)(C)C(=O)N(C)C[C@H]1C[C@@H]2CC[C@@]1(C=O)O2. The number of ether oxygens (including phenoxy) is 1. The number of carbonyl (C=O) groups is 2. The van der Waals surface area contributed by atoms with E-state index in [0.717, 1.165) is 32.0 Å². The molecule has 2 aliphatic heterocycles. The Labute approximate surface area is 115 Å². The van der Waals surface area contributed by atoms with Crippen molar-refractivity contribution >= 4 is 12.2 Å². The van der Waals surface area contributed by atoms with E-state index >= 15 is 0 Å². The van der Waals surface area contributed by atoms with Gasteiger partial charge in [0, 0.05) is 24.9 Å². The molecule has 2 heterocycles. The molecule has 2 bridgehead atoms. The van der Waals surface area contributed by atoms with Crippen molar-refractivity contribution in [1.82, 2.24) is 4.90 Å². The third-order valence-electron chi connectivity index (χ3n) is 4.98. The predicted molar refractivity (Wildman–Crippen MR) is 72.7 cm³/mol. The fourth-order valence-corrected chi connectivity index (χ4v) is 3.29. The summed E-state index contributed by atoms with van der Waals surface area (Å²) in [6, 6.07) is 0. The van der Waals surface area contributed by atoms with Crippen LogP contribution in [0.4, 0.5) is 0 Å². The number of hydrogen-bond acceptors (Lipinski definition) is 3. The van der Waals surface area contributed by atoms with Crippen LogP contribution in [0, 0.1) is 11.3 Å². The van der Waals surface area contributed by atoms with Crippen LogP contribution in [0.1, 0.15) is 46.5 Å². The summed E-state index contributed by atoms with van der Waals surface area (Å²) < 4.78 is 5.81. The predicted octanol–water partition coefficient (Wildman–Crippen LogP) is 2.02. The molecule has 2 fully saturated rings. The van der Waals surface area contributed by atoms with Gasteiger partial charge in [0.1, 0.15) is 5.60 Å². The van der Waals surface area contributed by atoms with Gasteiger partial charge in [-0.2, -0.15) is 0 Å². The lowest BCUT2D eigenvalue weighted by molar-refractivity contribution is -0.141. The Bertz CT molecular complexity index is 380. The molecule has 0 radical (unpaired) electrons. The monoisotopic (exact) mass is 267 g/mol. The van der Waals surface area contributed by atoms with E-state index in [1.807, 2.05) is 27.8 Å². The minimum Gasteiger partial charge on any atom is -0.364 e. The second-order valence-corrected chi connectivity index (χ2v) is 6.71. The fraction of sp³-hybridized carbons (Fsp3) is 0.867. The summed E-state index contributed by atoms with van der Waals surface area (Å²) >= 11 is 0. The lowest BCUT2D eigenvalue weighted by Crippen LogP contribution is -2.46. The molecule has 0 N–H and O–H groups in total. The average Bonchev–Trinajstić information content (AvgIpc) is 2.96. The summed E-state index contributed by atoms with van der Waals surface area (Å²) in [6.07, 6.45) is 4.70. The maximum absolute atomic E-state index is 12.4. The number of carbonyl (C=O) groups excluding carboxylic acids is 2. The lowest BCUT2D eigenvalue weighted by Gasteiger charge is -2.34. The first-order valence-electron chi connectivity index (χ1n) is 7.24. The number of aldehydes is 1. The molecule has 2 saturated heterocycles. The summed E-state index contributed by atoms with van der Waals surface area (Å²) in [5.41, 5.74) is -0.947. The quantitative estimate of drug-likeness (QED) is 0.716. The lowest BCUT2D eigenvalue weighted by atomic mass is 9.78. The van der Waals surface area contributed by atoms with Gasteiger partial charge in [-0.1, -0.05) is 20.8 Å². The molecule has 3 atom stereocenters. The minimum absolute atomic E-state index is 0.152. The van der Waals surface area contributed by atoms with Crippen LogP contribution in [0.3, 0.4) is 0 Å². The molecule has 0 unspecified atom stereocenters. The van der Waals surface area contributed by atoms with Crippen molar-refractivity contribution in [3.05, 3.63) is 0 Å². The molecular formula is C15H25NO3. The van der Waals surface area contributed by atoms with Gasteiger partial charge in [0.2, 0.25) is 5.91 Å². The Morgan fingerprint density at radius 3 is 2.74 bits per heavy atom. The molecule has 2 rings (SSSR count). The molecule has 4 nitrogen and oxygen atoms in total. The smallest absolute Gasteiger partial charge is 0.227 e. The molecule has 4 heteroatoms. The van der Waals surface area contributed by atoms with Crippen molar-refractivity contribution in [1.29, 1.82) is 0 Å². The molecular weight excluding hydrogens is 242 g/mol. The van der Waals surface area contributed by atoms with Crippen LogP contribution in [-0.4, -0.2) is 42.4 Å². The Morgan fingerprint density at radius 1 is 1.53 bits per heavy atom. The Morgan fingerprint density at radius 2 is 2.21 bits per heavy atom. The Kier molecular flexibility index (Phi) is 3.74. The third-order valence-corrected chi connectivity index (χ3v) is 4.98. The fourth-order valence-electron chi connectivity index (χ4n) is 3.29. The first-order valence-corrected chi connectivity index (χ1v) is 7.24. The molecule has 0 saturated carbocycles. The van der Waals surface area contributed by atoms with Gasteiger partial charge in [0.25, 0.3) is 0 Å². The number of hydrogen-bond donors (Lipinski definition) is 0. The van der Waals surface area contributed by atoms with E-state index in [-0.39, 0.29) is 23.3 Å². The van der Waals surface area contributed by atoms with Crippen molar-refractivity contribution in [2.45, 2.75) is 58.2 Å². The highest BCUT2D eigenvalue weighted by Crippen LogP contribution is 2.46. The van der Waals surface area contributed by atoms with Crippen LogP contribution >= 0.6 is 0 Å². The van der Waals surface area contributed by atoms with Crippen LogP contribution in [0.5, 0.6) is 0 Å². The Hall–Kier alpha value is -0.900. The van der Waals surface area contributed by atoms with E-state index < -0.39 is 5.60 Å². The summed E-state index contributed by atoms with van der Waals surface area (Å²) in [4.78, 5) is 25.5. The average molecular weight is 267 g/mol. The van der Waals surface area contributed by atoms with E-state index in [4.69, 9.17) is 4.74 Å². The minimum atomic E-state index is -0.616. The molecule has 0 aromatic rings. The highest BCUT2D eigenvalue weighted by Gasteiger charge is 2.54. The topological polar surface area (TPSA) is 46.6 Å². The molecule has 19 heavy (non-hydrogen) atoms. The number of fused-ring (bicyclic) bond motifs is 2. The maximum atomic E-state index is 12.4. The zero-order valence-corrected chi connectivity index (χ0v) is 12.4. The van der Waals surface area contributed by atoms with Crippen molar-refractivity contribution in [2.75, 3.05) is 13.6 Å². The first-order chi connectivity index (χ1) is 8.84. The molecule has 1 amide bonds. The first kappa shape index (κ1) is 14.5. The zero-order valence-electron chi connectivity index (χ0n) is 12.4. The Balaban J connectivity index is 2.02. The van der Waals surface area contributed by atoms with Crippen LogP contribution in [0.25, 0.3) is 0 Å². The van der Waals surface area contributed by atoms with Crippen molar-refractivity contribution in [3.8, 4) is 0 Å². The number of rotatable bonds is 5. The molecule has 0 aromatic carbocycles. The molecule has 2 aliphatic rings. The van der Waals surface area contributed by atoms with E-state index in [0.29, 0.717) is 6.54 Å². The molecule has 0 spiro atoms. The number of nitrogens with zero attached hydrogens (tertiary/aromatic N) is 1. The van der Waals surface area contributed by atoms with Gasteiger partial charge >= 0.3 is 0 Å². The van der Waals surface area contributed by atoms with Crippen LogP contribution in [0.15, 0.2) is 0 Å². The van der Waals surface area contributed by atoms with Gasteiger partial charge < -0.3 is 14.4 Å². The summed E-state index contributed by atoms with van der Waals surface area (Å²) in [6.45, 7) is 6.59. The zero-order chi connectivity index (χ0) is 14.3. The highest BCUT2D eigenvalue weighted by atomic mass is 16.5. The maximum Gasteiger partial charge on any atom is 0.227 e. The van der Waals surface area contributed by atoms with Gasteiger partial charge in [0.15, 0.2) is 6.29 Å². The van der Waals surface area contributed by atoms with Crippen LogP contribution in [-0.2, 0) is 14.3 Å². The van der Waals surface area contributed by atoms with E-state index in [1.165, 1.54) is 0 Å². The van der Waals surface area contributed by atoms with Crippen LogP contribution in [0.2, 0.25) is 0 Å². The molecule has 0 aliphatic carbocycles. The summed E-state index contributed by atoms with van der Waals surface area (Å²) in [5, 5.41) is 0. The summed E-state index contributed by atoms with van der Waals surface area (Å²) in [5.74, 6) is 0.309. The second kappa shape index (κ2) is 4.89. The van der Waals surface area contributed by atoms with E-state index in [9.17, 15) is 9.59 Å². The second-order valence-electron chi connectivity index (χ2n) is 6.71. The standard InChI is InChI=1S/C15H25NO3/c1-5-14(2,3)13(18)16(4)9-11-8-12-6-7-15(11,10-17)19-12/h10-12H,5-9H2,1-4H3/t11-,12+,15+/m1/s1. The van der Waals surface area contributed by atoms with Crippen molar-refractivity contribution in [2.24, 2.45) is 11.3 Å². The van der Waals surface area contributed by atoms with E-state index in [1.54, 1.807) is 4.90 Å². The van der Waals surface area contributed by atoms with Gasteiger partial charge in [-0.05, 0) is 25.7 Å². The van der Waals surface area contributed by atoms with Gasteiger partial charge in [0.05, 0.1) is 6.10 Å². The van der Waals surface area contributed by atoms with Gasteiger partial charge in [-0.3, -0.25) is 4.79 Å². The molecule has 108 valence electrons. The molecule has 0 aromatic heterocycles. The van der Waals surface area contributed by atoms with E-state index in [2.05, 4.69) is 0 Å². The van der Waals surface area contributed by atoms with Crippen molar-refractivity contribution < 1.29 is 14.3 Å². The highest BCUT2D eigenvalue weighted by molar-refractivity contribution is 5.81. The van der Waals surface area contributed by atoms with Gasteiger partial charge in [-0.15, -0.1) is 0 Å². The van der Waals surface area contributed by atoms with Gasteiger partial charge in [-0.25, -0.2) is 0 Å².